The molecular weight excluding hydrogens is 190 g/mol. The quantitative estimate of drug-likeness (QED) is 0.565. The Labute approximate surface area is 93.5 Å². The van der Waals surface area contributed by atoms with Crippen molar-refractivity contribution in [2.24, 2.45) is 0 Å². The van der Waals surface area contributed by atoms with Crippen molar-refractivity contribution >= 4 is 0 Å². The van der Waals surface area contributed by atoms with Crippen LogP contribution in [-0.2, 0) is 9.47 Å². The van der Waals surface area contributed by atoms with Gasteiger partial charge in [-0.05, 0) is 25.7 Å². The van der Waals surface area contributed by atoms with Gasteiger partial charge in [0, 0.05) is 19.2 Å². The van der Waals surface area contributed by atoms with Crippen LogP contribution in [0.5, 0.6) is 0 Å². The molecule has 1 atom stereocenters. The highest BCUT2D eigenvalue weighted by atomic mass is 16.5. The fraction of sp³-hybridized carbons (Fsp3) is 1.00. The summed E-state index contributed by atoms with van der Waals surface area (Å²) in [7, 11) is 0. The summed E-state index contributed by atoms with van der Waals surface area (Å²) in [6.07, 6.45) is 5.20. The van der Waals surface area contributed by atoms with Crippen LogP contribution in [0.25, 0.3) is 0 Å². The van der Waals surface area contributed by atoms with Gasteiger partial charge >= 0.3 is 0 Å². The molecule has 0 saturated heterocycles. The van der Waals surface area contributed by atoms with Gasteiger partial charge in [-0.25, -0.2) is 0 Å². The van der Waals surface area contributed by atoms with E-state index in [9.17, 15) is 0 Å². The summed E-state index contributed by atoms with van der Waals surface area (Å²) in [5, 5.41) is 3.49. The molecule has 1 aliphatic carbocycles. The predicted molar refractivity (Wildman–Crippen MR) is 62.2 cm³/mol. The van der Waals surface area contributed by atoms with Gasteiger partial charge < -0.3 is 14.8 Å². The van der Waals surface area contributed by atoms with Gasteiger partial charge in [-0.2, -0.15) is 0 Å². The molecular formula is C12H25NO2. The van der Waals surface area contributed by atoms with Gasteiger partial charge in [-0.3, -0.25) is 0 Å². The molecule has 0 aromatic rings. The highest BCUT2D eigenvalue weighted by molar-refractivity contribution is 4.81. The largest absolute Gasteiger partial charge is 0.379 e. The van der Waals surface area contributed by atoms with Crippen molar-refractivity contribution in [3.63, 3.8) is 0 Å². The summed E-state index contributed by atoms with van der Waals surface area (Å²) in [6, 6.07) is 0.777. The van der Waals surface area contributed by atoms with Crippen LogP contribution in [-0.4, -0.2) is 38.5 Å². The zero-order valence-electron chi connectivity index (χ0n) is 10.1. The average Bonchev–Trinajstić information content (AvgIpc) is 3.06. The van der Waals surface area contributed by atoms with Gasteiger partial charge in [0.1, 0.15) is 0 Å². The monoisotopic (exact) mass is 215 g/mol. The van der Waals surface area contributed by atoms with Crippen molar-refractivity contribution in [2.45, 2.75) is 51.7 Å². The maximum absolute atomic E-state index is 5.73. The lowest BCUT2D eigenvalue weighted by molar-refractivity contribution is 0.00384. The number of hydrogen-bond donors (Lipinski definition) is 1. The number of hydrogen-bond acceptors (Lipinski definition) is 3. The first-order chi connectivity index (χ1) is 7.36. The van der Waals surface area contributed by atoms with Gasteiger partial charge in [-0.15, -0.1) is 0 Å². The van der Waals surface area contributed by atoms with Crippen LogP contribution < -0.4 is 5.32 Å². The van der Waals surface area contributed by atoms with E-state index in [1.165, 1.54) is 12.8 Å². The van der Waals surface area contributed by atoms with Gasteiger partial charge in [0.25, 0.3) is 0 Å². The summed E-state index contributed by atoms with van der Waals surface area (Å²) < 4.78 is 11.1. The summed E-state index contributed by atoms with van der Waals surface area (Å²) in [5.74, 6) is 0. The number of rotatable bonds is 10. The Bertz CT molecular complexity index is 149. The van der Waals surface area contributed by atoms with Crippen LogP contribution in [0.4, 0.5) is 0 Å². The maximum Gasteiger partial charge on any atom is 0.0704 e. The molecule has 0 bridgehead atoms. The van der Waals surface area contributed by atoms with Crippen molar-refractivity contribution in [3.05, 3.63) is 0 Å². The highest BCUT2D eigenvalue weighted by Crippen LogP contribution is 2.18. The fourth-order valence-corrected chi connectivity index (χ4v) is 1.43. The summed E-state index contributed by atoms with van der Waals surface area (Å²) in [4.78, 5) is 0. The smallest absolute Gasteiger partial charge is 0.0704 e. The second-order valence-corrected chi connectivity index (χ2v) is 4.20. The molecule has 15 heavy (non-hydrogen) atoms. The van der Waals surface area contributed by atoms with E-state index < -0.39 is 0 Å². The molecule has 1 rings (SSSR count). The Morgan fingerprint density at radius 1 is 1.20 bits per heavy atom. The molecule has 3 heteroatoms. The molecule has 3 nitrogen and oxygen atoms in total. The van der Waals surface area contributed by atoms with E-state index in [4.69, 9.17) is 9.47 Å². The third-order valence-corrected chi connectivity index (χ3v) is 2.60. The normalized spacial score (nSPS) is 18.0. The summed E-state index contributed by atoms with van der Waals surface area (Å²) >= 11 is 0. The maximum atomic E-state index is 5.73. The Morgan fingerprint density at radius 3 is 2.60 bits per heavy atom. The van der Waals surface area contributed by atoms with Gasteiger partial charge in [0.15, 0.2) is 0 Å². The molecule has 1 unspecified atom stereocenters. The van der Waals surface area contributed by atoms with Crippen molar-refractivity contribution in [1.82, 2.24) is 5.32 Å². The summed E-state index contributed by atoms with van der Waals surface area (Å²) in [5.41, 5.74) is 0. The van der Waals surface area contributed by atoms with Crippen LogP contribution >= 0.6 is 0 Å². The lowest BCUT2D eigenvalue weighted by Crippen LogP contribution is -2.31. The lowest BCUT2D eigenvalue weighted by atomic mass is 10.3. The molecule has 1 saturated carbocycles. The topological polar surface area (TPSA) is 30.5 Å². The molecule has 0 aromatic heterocycles. The van der Waals surface area contributed by atoms with Crippen molar-refractivity contribution in [1.29, 1.82) is 0 Å². The van der Waals surface area contributed by atoms with Crippen LogP contribution in [0.2, 0.25) is 0 Å². The van der Waals surface area contributed by atoms with Crippen LogP contribution in [0.15, 0.2) is 0 Å². The Morgan fingerprint density at radius 2 is 2.00 bits per heavy atom. The Balaban J connectivity index is 1.90. The van der Waals surface area contributed by atoms with Gasteiger partial charge in [0.2, 0.25) is 0 Å². The fourth-order valence-electron chi connectivity index (χ4n) is 1.43. The minimum absolute atomic E-state index is 0.357. The Hall–Kier alpha value is -0.120. The second-order valence-electron chi connectivity index (χ2n) is 4.20. The third kappa shape index (κ3) is 6.88. The standard InChI is InChI=1S/C12H25NO2/c1-3-7-14-8-9-15-12(4-2)10-13-11-5-6-11/h11-13H,3-10H2,1-2H3. The molecule has 0 radical (unpaired) electrons. The molecule has 0 heterocycles. The van der Waals surface area contributed by atoms with Crippen LogP contribution in [0, 0.1) is 0 Å². The van der Waals surface area contributed by atoms with Crippen molar-refractivity contribution < 1.29 is 9.47 Å². The first-order valence-electron chi connectivity index (χ1n) is 6.29. The Kier molecular flexibility index (Phi) is 6.98. The van der Waals surface area contributed by atoms with E-state index >= 15 is 0 Å². The third-order valence-electron chi connectivity index (χ3n) is 2.60. The molecule has 0 aliphatic heterocycles. The molecule has 0 aromatic carbocycles. The van der Waals surface area contributed by atoms with E-state index in [1.807, 2.05) is 0 Å². The zero-order valence-corrected chi connectivity index (χ0v) is 10.1. The van der Waals surface area contributed by atoms with Crippen LogP contribution in [0.1, 0.15) is 39.5 Å². The van der Waals surface area contributed by atoms with E-state index in [0.717, 1.165) is 45.2 Å². The van der Waals surface area contributed by atoms with E-state index in [1.54, 1.807) is 0 Å². The number of ether oxygens (including phenoxy) is 2. The van der Waals surface area contributed by atoms with E-state index in [0.29, 0.717) is 6.10 Å². The second kappa shape index (κ2) is 8.08. The molecule has 1 N–H and O–H groups in total. The first-order valence-corrected chi connectivity index (χ1v) is 6.29. The first kappa shape index (κ1) is 12.9. The minimum Gasteiger partial charge on any atom is -0.379 e. The average molecular weight is 215 g/mol. The van der Waals surface area contributed by atoms with Crippen LogP contribution in [0.3, 0.4) is 0 Å². The molecule has 90 valence electrons. The summed E-state index contributed by atoms with van der Waals surface area (Å²) in [6.45, 7) is 7.59. The molecule has 0 amide bonds. The molecule has 0 spiro atoms. The minimum atomic E-state index is 0.357. The predicted octanol–water partition coefficient (Wildman–Crippen LogP) is 1.96. The molecule has 1 fully saturated rings. The van der Waals surface area contributed by atoms with E-state index in [2.05, 4.69) is 19.2 Å². The van der Waals surface area contributed by atoms with Gasteiger partial charge in [-0.1, -0.05) is 13.8 Å². The van der Waals surface area contributed by atoms with Crippen molar-refractivity contribution in [2.75, 3.05) is 26.4 Å². The zero-order chi connectivity index (χ0) is 10.9. The molecule has 1 aliphatic rings. The van der Waals surface area contributed by atoms with Crippen molar-refractivity contribution in [3.8, 4) is 0 Å². The van der Waals surface area contributed by atoms with E-state index in [-0.39, 0.29) is 0 Å². The highest BCUT2D eigenvalue weighted by Gasteiger charge is 2.21. The lowest BCUT2D eigenvalue weighted by Gasteiger charge is -2.16. The number of nitrogens with one attached hydrogen (secondary N) is 1. The van der Waals surface area contributed by atoms with Gasteiger partial charge in [0.05, 0.1) is 19.3 Å². The SMILES string of the molecule is CCCOCCOC(CC)CNC1CC1.